The van der Waals surface area contributed by atoms with E-state index in [1.54, 1.807) is 12.1 Å². The summed E-state index contributed by atoms with van der Waals surface area (Å²) in [5.41, 5.74) is 1.35. The van der Waals surface area contributed by atoms with Crippen molar-refractivity contribution >= 4 is 55.4 Å². The van der Waals surface area contributed by atoms with Crippen molar-refractivity contribution in [2.45, 2.75) is 31.2 Å². The zero-order valence-electron chi connectivity index (χ0n) is 18.3. The number of nitrogens with zero attached hydrogens (tertiary/aromatic N) is 5. The molecule has 2 aromatic heterocycles. The molecule has 4 rings (SSSR count). The minimum atomic E-state index is -4.80. The van der Waals surface area contributed by atoms with Gasteiger partial charge in [0.1, 0.15) is 6.10 Å². The fraction of sp³-hybridized carbons (Fsp3) is 0.444. The Morgan fingerprint density at radius 3 is 2.44 bits per heavy atom. The van der Waals surface area contributed by atoms with Crippen LogP contribution in [0.5, 0.6) is 0 Å². The number of aliphatic hydroxyl groups excluding tert-OH is 2. The highest BCUT2D eigenvalue weighted by molar-refractivity contribution is 7.70. The molecule has 3 aromatic rings. The zero-order valence-corrected chi connectivity index (χ0v) is 21.6. The van der Waals surface area contributed by atoms with Gasteiger partial charge in [-0.25, -0.2) is 4.68 Å². The summed E-state index contributed by atoms with van der Waals surface area (Å²) >= 11 is 12.0. The third-order valence-corrected chi connectivity index (χ3v) is 9.49. The summed E-state index contributed by atoms with van der Waals surface area (Å²) in [6.45, 7) is -0.161. The molecule has 36 heavy (non-hydrogen) atoms. The van der Waals surface area contributed by atoms with Gasteiger partial charge in [0.2, 0.25) is 5.28 Å². The van der Waals surface area contributed by atoms with Gasteiger partial charge in [-0.05, 0) is 35.7 Å². The maximum Gasteiger partial charge on any atom is 0.340 e. The van der Waals surface area contributed by atoms with Gasteiger partial charge in [-0.3, -0.25) is 9.13 Å². The number of benzene rings is 1. The van der Waals surface area contributed by atoms with Gasteiger partial charge >= 0.3 is 15.2 Å². The minimum Gasteiger partial charge on any atom is -0.390 e. The minimum absolute atomic E-state index is 0.0336. The van der Waals surface area contributed by atoms with Gasteiger partial charge in [0.15, 0.2) is 22.9 Å². The van der Waals surface area contributed by atoms with Crippen molar-refractivity contribution in [3.8, 4) is 0 Å². The Balaban J connectivity index is 1.52. The molecule has 0 amide bonds. The van der Waals surface area contributed by atoms with Crippen LogP contribution >= 0.6 is 38.4 Å². The smallest absolute Gasteiger partial charge is 0.340 e. The molecule has 2 heterocycles. The van der Waals surface area contributed by atoms with Crippen molar-refractivity contribution in [2.75, 3.05) is 17.8 Å². The lowest BCUT2D eigenvalue weighted by Crippen LogP contribution is -2.31. The fourth-order valence-corrected chi connectivity index (χ4v) is 6.83. The molecule has 0 saturated heterocycles. The molecule has 1 unspecified atom stereocenters. The van der Waals surface area contributed by atoms with Crippen LogP contribution in [0, 0.1) is 5.92 Å². The number of aliphatic hydroxyl groups is 2. The third-order valence-electron chi connectivity index (χ3n) is 5.61. The van der Waals surface area contributed by atoms with Crippen LogP contribution in [-0.4, -0.2) is 74.6 Å². The Kier molecular flexibility index (Phi) is 8.04. The molecule has 1 saturated carbocycles. The SMILES string of the molecule is O=P(O)(O)CP(=O)(O)OC[C@H]1C[C@@H](n2nnc3c(NCc4ccc(Cl)cc4)nc(Cl)nc32)[C@H](O)[C@@H]1O. The molecule has 1 aromatic carbocycles. The lowest BCUT2D eigenvalue weighted by Gasteiger charge is -2.19. The van der Waals surface area contributed by atoms with Gasteiger partial charge in [-0.15, -0.1) is 5.10 Å². The Morgan fingerprint density at radius 2 is 1.78 bits per heavy atom. The molecular weight excluding hydrogens is 561 g/mol. The number of halogens is 2. The second-order valence-electron chi connectivity index (χ2n) is 8.31. The zero-order chi connectivity index (χ0) is 26.3. The van der Waals surface area contributed by atoms with Gasteiger partial charge in [-0.1, -0.05) is 28.9 Å². The van der Waals surface area contributed by atoms with Crippen LogP contribution in [0.15, 0.2) is 24.3 Å². The number of rotatable bonds is 9. The predicted molar refractivity (Wildman–Crippen MR) is 129 cm³/mol. The van der Waals surface area contributed by atoms with Gasteiger partial charge in [-0.2, -0.15) is 9.97 Å². The van der Waals surface area contributed by atoms with E-state index in [-0.39, 0.29) is 28.7 Å². The number of aromatic nitrogens is 5. The van der Waals surface area contributed by atoms with Crippen molar-refractivity contribution in [1.29, 1.82) is 0 Å². The van der Waals surface area contributed by atoms with Gasteiger partial charge in [0, 0.05) is 17.5 Å². The number of hydrogen-bond acceptors (Lipinski definition) is 10. The van der Waals surface area contributed by atoms with Crippen LogP contribution in [0.25, 0.3) is 11.2 Å². The Morgan fingerprint density at radius 1 is 1.08 bits per heavy atom. The standard InChI is InChI=1S/C18H22Cl2N6O8P2/c19-11-3-1-9(2-4-11)6-21-16-13-17(23-18(20)22-16)26(25-24-13)12-5-10(14(27)15(12)28)7-34-36(32,33)8-35(29,30)31/h1-4,10,12,14-15,27-28H,5-8H2,(H,32,33)(H,21,22,23)(H2,29,30,31)/t10-,12-,14-,15+/m1/s1. The van der Waals surface area contributed by atoms with Crippen LogP contribution in [0.3, 0.4) is 0 Å². The number of hydrogen-bond donors (Lipinski definition) is 6. The molecule has 1 aliphatic carbocycles. The molecule has 0 spiro atoms. The average Bonchev–Trinajstić information content (AvgIpc) is 3.31. The summed E-state index contributed by atoms with van der Waals surface area (Å²) in [6, 6.07) is 6.29. The molecule has 14 nitrogen and oxygen atoms in total. The highest BCUT2D eigenvalue weighted by Gasteiger charge is 2.45. The Labute approximate surface area is 213 Å². The summed E-state index contributed by atoms with van der Waals surface area (Å²) < 4.78 is 29.1. The fourth-order valence-electron chi connectivity index (χ4n) is 3.93. The van der Waals surface area contributed by atoms with E-state index in [9.17, 15) is 24.2 Å². The van der Waals surface area contributed by atoms with Gasteiger partial charge in [0.25, 0.3) is 0 Å². The van der Waals surface area contributed by atoms with E-state index in [4.69, 9.17) is 37.5 Å². The molecule has 6 N–H and O–H groups in total. The van der Waals surface area contributed by atoms with E-state index in [1.165, 1.54) is 4.68 Å². The molecule has 5 atom stereocenters. The predicted octanol–water partition coefficient (Wildman–Crippen LogP) is 1.76. The monoisotopic (exact) mass is 582 g/mol. The topological polar surface area (TPSA) is 213 Å². The van der Waals surface area contributed by atoms with Crippen LogP contribution in [0.1, 0.15) is 18.0 Å². The molecule has 196 valence electrons. The van der Waals surface area contributed by atoms with Crippen LogP contribution in [0.2, 0.25) is 10.3 Å². The van der Waals surface area contributed by atoms with E-state index in [0.717, 1.165) is 5.56 Å². The van der Waals surface area contributed by atoms with E-state index in [2.05, 4.69) is 25.6 Å². The average molecular weight is 583 g/mol. The summed E-state index contributed by atoms with van der Waals surface area (Å²) in [7, 11) is -9.43. The molecule has 0 aliphatic heterocycles. The van der Waals surface area contributed by atoms with Crippen molar-refractivity contribution in [2.24, 2.45) is 5.92 Å². The van der Waals surface area contributed by atoms with Crippen LogP contribution in [-0.2, 0) is 20.2 Å². The third kappa shape index (κ3) is 6.40. The molecule has 0 radical (unpaired) electrons. The normalized spacial score (nSPS) is 24.2. The van der Waals surface area contributed by atoms with Gasteiger partial charge < -0.3 is 34.7 Å². The second kappa shape index (κ2) is 10.6. The number of fused-ring (bicyclic) bond motifs is 1. The molecule has 1 fully saturated rings. The lowest BCUT2D eigenvalue weighted by atomic mass is 10.1. The Bertz CT molecular complexity index is 1340. The summed E-state index contributed by atoms with van der Waals surface area (Å²) in [5, 5.41) is 32.8. The lowest BCUT2D eigenvalue weighted by molar-refractivity contribution is -0.00362. The van der Waals surface area contributed by atoms with E-state index in [0.29, 0.717) is 11.6 Å². The first-order valence-corrected chi connectivity index (χ1v) is 14.8. The van der Waals surface area contributed by atoms with Crippen molar-refractivity contribution in [3.63, 3.8) is 0 Å². The summed E-state index contributed by atoms with van der Waals surface area (Å²) in [4.78, 5) is 35.8. The highest BCUT2D eigenvalue weighted by Crippen LogP contribution is 2.56. The first-order valence-electron chi connectivity index (χ1n) is 10.5. The summed E-state index contributed by atoms with van der Waals surface area (Å²) in [6.07, 6.45) is -2.72. The van der Waals surface area contributed by atoms with Crippen LogP contribution in [0.4, 0.5) is 5.82 Å². The van der Waals surface area contributed by atoms with E-state index >= 15 is 0 Å². The largest absolute Gasteiger partial charge is 0.390 e. The first kappa shape index (κ1) is 27.3. The van der Waals surface area contributed by atoms with E-state index in [1.807, 2.05) is 12.1 Å². The molecule has 0 bridgehead atoms. The van der Waals surface area contributed by atoms with Crippen molar-refractivity contribution < 1.29 is 38.5 Å². The highest BCUT2D eigenvalue weighted by atomic mass is 35.5. The second-order valence-corrected chi connectivity index (χ2v) is 13.1. The Hall–Kier alpha value is -1.70. The summed E-state index contributed by atoms with van der Waals surface area (Å²) in [5.74, 6) is -1.91. The maximum atomic E-state index is 11.9. The number of nitrogens with one attached hydrogen (secondary N) is 1. The molecular formula is C18H22Cl2N6O8P2. The van der Waals surface area contributed by atoms with Crippen molar-refractivity contribution in [1.82, 2.24) is 25.0 Å². The quantitative estimate of drug-likeness (QED) is 0.157. The molecule has 1 aliphatic rings. The number of anilines is 1. The maximum absolute atomic E-state index is 11.9. The molecule has 18 heteroatoms. The van der Waals surface area contributed by atoms with Gasteiger partial charge in [0.05, 0.1) is 18.8 Å². The van der Waals surface area contributed by atoms with Crippen LogP contribution < -0.4 is 5.32 Å². The van der Waals surface area contributed by atoms with Crippen molar-refractivity contribution in [3.05, 3.63) is 40.1 Å². The first-order chi connectivity index (χ1) is 16.8. The van der Waals surface area contributed by atoms with E-state index < -0.39 is 51.9 Å².